The van der Waals surface area contributed by atoms with Gasteiger partial charge in [0.2, 0.25) is 11.8 Å². The van der Waals surface area contributed by atoms with Gasteiger partial charge in [0.05, 0.1) is 0 Å². The van der Waals surface area contributed by atoms with Gasteiger partial charge in [-0.15, -0.1) is 0 Å². The van der Waals surface area contributed by atoms with E-state index in [0.29, 0.717) is 13.0 Å². The Hall–Kier alpha value is -2.09. The third kappa shape index (κ3) is 7.34. The highest BCUT2D eigenvalue weighted by Gasteiger charge is 2.34. The topological polar surface area (TPSA) is 87.7 Å². The number of hydrogen-bond acceptors (Lipinski definition) is 4. The second kappa shape index (κ2) is 10.1. The summed E-state index contributed by atoms with van der Waals surface area (Å²) < 4.78 is 6.31. The lowest BCUT2D eigenvalue weighted by Gasteiger charge is -2.35. The lowest BCUT2D eigenvalue weighted by molar-refractivity contribution is -0.127. The van der Waals surface area contributed by atoms with Crippen molar-refractivity contribution in [2.45, 2.75) is 65.0 Å². The molecule has 1 fully saturated rings. The number of carbonyl (C=O) groups is 3. The molecule has 0 aliphatic carbocycles. The molecule has 2 N–H and O–H groups in total. The molecule has 1 aromatic carbocycles. The Labute approximate surface area is 180 Å². The van der Waals surface area contributed by atoms with Crippen LogP contribution in [-0.2, 0) is 14.3 Å². The summed E-state index contributed by atoms with van der Waals surface area (Å²) in [5.41, 5.74) is 1.08. The summed E-state index contributed by atoms with van der Waals surface area (Å²) in [6.07, 6.45) is 1.99. The zero-order valence-electron chi connectivity index (χ0n) is 17.5. The van der Waals surface area contributed by atoms with E-state index in [9.17, 15) is 14.4 Å². The highest BCUT2D eigenvalue weighted by atomic mass is 79.9. The predicted molar refractivity (Wildman–Crippen MR) is 116 cm³/mol. The highest BCUT2D eigenvalue weighted by Crippen LogP contribution is 2.22. The third-order valence-electron chi connectivity index (χ3n) is 4.56. The number of nitrogens with one attached hydrogen (secondary N) is 2. The van der Waals surface area contributed by atoms with Gasteiger partial charge >= 0.3 is 6.09 Å². The Morgan fingerprint density at radius 1 is 1.24 bits per heavy atom. The summed E-state index contributed by atoms with van der Waals surface area (Å²) in [4.78, 5) is 38.7. The van der Waals surface area contributed by atoms with Crippen molar-refractivity contribution in [2.75, 3.05) is 18.4 Å². The molecule has 1 atom stereocenters. The van der Waals surface area contributed by atoms with Gasteiger partial charge in [-0.1, -0.05) is 22.0 Å². The number of likely N-dealkylation sites (tertiary alicyclic amines) is 1. The van der Waals surface area contributed by atoms with Crippen molar-refractivity contribution < 1.29 is 19.1 Å². The molecule has 3 amide bonds. The van der Waals surface area contributed by atoms with Crippen LogP contribution in [0.1, 0.15) is 52.0 Å². The van der Waals surface area contributed by atoms with Crippen molar-refractivity contribution in [3.05, 3.63) is 28.2 Å². The maximum absolute atomic E-state index is 12.6. The van der Waals surface area contributed by atoms with Crippen LogP contribution < -0.4 is 10.6 Å². The van der Waals surface area contributed by atoms with Crippen LogP contribution in [0.15, 0.2) is 22.7 Å². The van der Waals surface area contributed by atoms with Gasteiger partial charge in [0.15, 0.2) is 0 Å². The van der Waals surface area contributed by atoms with Crippen LogP contribution in [0.2, 0.25) is 0 Å². The number of anilines is 1. The normalized spacial score (nSPS) is 16.9. The van der Waals surface area contributed by atoms with Crippen LogP contribution in [0.4, 0.5) is 10.5 Å². The smallest absolute Gasteiger partial charge is 0.410 e. The van der Waals surface area contributed by atoms with Gasteiger partial charge < -0.3 is 15.4 Å². The molecule has 1 saturated heterocycles. The first-order valence-corrected chi connectivity index (χ1v) is 10.7. The van der Waals surface area contributed by atoms with Crippen molar-refractivity contribution in [3.8, 4) is 0 Å². The van der Waals surface area contributed by atoms with Crippen molar-refractivity contribution in [2.24, 2.45) is 0 Å². The Bertz CT molecular complexity index is 761. The van der Waals surface area contributed by atoms with E-state index < -0.39 is 17.7 Å². The SMILES string of the molecule is Cc1ccc(Br)cc1NC(=O)CCNC(=O)C1CCCCN1C(=O)OC(C)(C)C. The number of rotatable bonds is 5. The van der Waals surface area contributed by atoms with Crippen molar-refractivity contribution >= 4 is 39.5 Å². The summed E-state index contributed by atoms with van der Waals surface area (Å²) in [5.74, 6) is -0.430. The van der Waals surface area contributed by atoms with E-state index in [0.717, 1.165) is 28.6 Å². The van der Waals surface area contributed by atoms with Gasteiger partial charge in [-0.3, -0.25) is 14.5 Å². The molecule has 0 saturated carbocycles. The van der Waals surface area contributed by atoms with Crippen LogP contribution >= 0.6 is 15.9 Å². The summed E-state index contributed by atoms with van der Waals surface area (Å²) in [6, 6.07) is 5.10. The first-order chi connectivity index (χ1) is 13.6. The van der Waals surface area contributed by atoms with Crippen LogP contribution in [-0.4, -0.2) is 47.5 Å². The number of amides is 3. The minimum absolute atomic E-state index is 0.150. The monoisotopic (exact) mass is 467 g/mol. The van der Waals surface area contributed by atoms with E-state index in [-0.39, 0.29) is 24.8 Å². The molecule has 1 unspecified atom stereocenters. The van der Waals surface area contributed by atoms with E-state index in [1.54, 1.807) is 20.8 Å². The second-order valence-corrected chi connectivity index (χ2v) is 9.15. The first-order valence-electron chi connectivity index (χ1n) is 9.90. The van der Waals surface area contributed by atoms with E-state index in [4.69, 9.17) is 4.74 Å². The molecule has 0 radical (unpaired) electrons. The van der Waals surface area contributed by atoms with Crippen molar-refractivity contribution in [1.29, 1.82) is 0 Å². The Balaban J connectivity index is 1.86. The fraction of sp³-hybridized carbons (Fsp3) is 0.571. The molecular weight excluding hydrogens is 438 g/mol. The minimum Gasteiger partial charge on any atom is -0.444 e. The number of hydrogen-bond donors (Lipinski definition) is 2. The molecule has 7 nitrogen and oxygen atoms in total. The van der Waals surface area contributed by atoms with Gasteiger partial charge in [-0.2, -0.15) is 0 Å². The number of piperidine rings is 1. The number of carbonyl (C=O) groups excluding carboxylic acids is 3. The first kappa shape index (κ1) is 23.2. The molecular formula is C21H30BrN3O4. The summed E-state index contributed by atoms with van der Waals surface area (Å²) in [5, 5.41) is 5.64. The van der Waals surface area contributed by atoms with E-state index >= 15 is 0 Å². The maximum atomic E-state index is 12.6. The molecule has 0 aromatic heterocycles. The van der Waals surface area contributed by atoms with Gasteiger partial charge in [0.25, 0.3) is 0 Å². The Kier molecular flexibility index (Phi) is 8.07. The van der Waals surface area contributed by atoms with Gasteiger partial charge in [0.1, 0.15) is 11.6 Å². The molecule has 2 rings (SSSR count). The Morgan fingerprint density at radius 2 is 1.97 bits per heavy atom. The predicted octanol–water partition coefficient (Wildman–Crippen LogP) is 3.99. The average molecular weight is 468 g/mol. The van der Waals surface area contributed by atoms with Crippen LogP contribution in [0.5, 0.6) is 0 Å². The molecule has 0 spiro atoms. The zero-order valence-corrected chi connectivity index (χ0v) is 19.1. The lowest BCUT2D eigenvalue weighted by Crippen LogP contribution is -2.53. The number of halogens is 1. The number of aryl methyl sites for hydroxylation is 1. The number of benzene rings is 1. The third-order valence-corrected chi connectivity index (χ3v) is 5.05. The highest BCUT2D eigenvalue weighted by molar-refractivity contribution is 9.10. The fourth-order valence-electron chi connectivity index (χ4n) is 3.10. The van der Waals surface area contributed by atoms with Crippen LogP contribution in [0.3, 0.4) is 0 Å². The van der Waals surface area contributed by atoms with E-state index in [1.807, 2.05) is 25.1 Å². The molecule has 0 bridgehead atoms. The quantitative estimate of drug-likeness (QED) is 0.684. The minimum atomic E-state index is -0.613. The molecule has 160 valence electrons. The van der Waals surface area contributed by atoms with Crippen LogP contribution in [0, 0.1) is 6.92 Å². The lowest BCUT2D eigenvalue weighted by atomic mass is 10.0. The second-order valence-electron chi connectivity index (χ2n) is 8.23. The van der Waals surface area contributed by atoms with Crippen molar-refractivity contribution in [3.63, 3.8) is 0 Å². The van der Waals surface area contributed by atoms with Crippen LogP contribution in [0.25, 0.3) is 0 Å². The molecule has 1 aromatic rings. The molecule has 29 heavy (non-hydrogen) atoms. The molecule has 8 heteroatoms. The number of ether oxygens (including phenoxy) is 1. The maximum Gasteiger partial charge on any atom is 0.410 e. The standard InChI is InChI=1S/C21H30BrN3O4/c1-14-8-9-15(22)13-16(14)24-18(26)10-11-23-19(27)17-7-5-6-12-25(17)20(28)29-21(2,3)4/h8-9,13,17H,5-7,10-12H2,1-4H3,(H,23,27)(H,24,26). The van der Waals surface area contributed by atoms with Crippen molar-refractivity contribution in [1.82, 2.24) is 10.2 Å². The molecule has 1 aliphatic heterocycles. The average Bonchev–Trinajstić information content (AvgIpc) is 2.63. The summed E-state index contributed by atoms with van der Waals surface area (Å²) in [7, 11) is 0. The van der Waals surface area contributed by atoms with E-state index in [1.165, 1.54) is 4.90 Å². The van der Waals surface area contributed by atoms with E-state index in [2.05, 4.69) is 26.6 Å². The largest absolute Gasteiger partial charge is 0.444 e. The zero-order chi connectivity index (χ0) is 21.6. The summed E-state index contributed by atoms with van der Waals surface area (Å²) >= 11 is 3.39. The molecule has 1 aliphatic rings. The fourth-order valence-corrected chi connectivity index (χ4v) is 3.46. The summed E-state index contributed by atoms with van der Waals surface area (Å²) in [6.45, 7) is 8.02. The molecule has 1 heterocycles. The van der Waals surface area contributed by atoms with Gasteiger partial charge in [0, 0.05) is 29.7 Å². The number of nitrogens with zero attached hydrogens (tertiary/aromatic N) is 1. The van der Waals surface area contributed by atoms with Gasteiger partial charge in [-0.25, -0.2) is 4.79 Å². The van der Waals surface area contributed by atoms with Gasteiger partial charge in [-0.05, 0) is 64.7 Å². The Morgan fingerprint density at radius 3 is 2.66 bits per heavy atom.